The van der Waals surface area contributed by atoms with Crippen LogP contribution in [0.25, 0.3) is 0 Å². The first-order valence-corrected chi connectivity index (χ1v) is 17.4. The number of thioether (sulfide) groups is 1. The Morgan fingerprint density at radius 1 is 0.930 bits per heavy atom. The summed E-state index contributed by atoms with van der Waals surface area (Å²) in [6.45, 7) is 4.98. The van der Waals surface area contributed by atoms with Crippen LogP contribution in [-0.4, -0.2) is 89.1 Å². The van der Waals surface area contributed by atoms with Crippen molar-refractivity contribution in [3.05, 3.63) is 12.4 Å². The third kappa shape index (κ3) is 11.3. The lowest BCUT2D eigenvalue weighted by atomic mass is 10.0. The lowest BCUT2D eigenvalue weighted by Crippen LogP contribution is -2.36. The summed E-state index contributed by atoms with van der Waals surface area (Å²) >= 11 is 1.98. The number of nitrogens with one attached hydrogen (secondary N) is 4. The second-order valence-electron chi connectivity index (χ2n) is 11.0. The number of fused-ring (bicyclic) bond motifs is 1. The molecule has 3 rings (SSSR count). The molecule has 0 aromatic heterocycles. The summed E-state index contributed by atoms with van der Waals surface area (Å²) in [5.41, 5.74) is 0. The van der Waals surface area contributed by atoms with Gasteiger partial charge >= 0.3 is 5.97 Å². The lowest BCUT2D eigenvalue weighted by Gasteiger charge is -2.17. The van der Waals surface area contributed by atoms with Crippen LogP contribution in [0.2, 0.25) is 0 Å². The highest BCUT2D eigenvalue weighted by Gasteiger charge is 2.48. The van der Waals surface area contributed by atoms with E-state index in [2.05, 4.69) is 32.7 Å². The molecule has 4 unspecified atom stereocenters. The molecule has 3 saturated heterocycles. The summed E-state index contributed by atoms with van der Waals surface area (Å²) in [7, 11) is -4.77. The van der Waals surface area contributed by atoms with Gasteiger partial charge in [0, 0.05) is 43.4 Å². The quantitative estimate of drug-likeness (QED) is 0.0756. The minimum absolute atomic E-state index is 0.0671. The van der Waals surface area contributed by atoms with Crippen molar-refractivity contribution in [1.82, 2.24) is 26.3 Å². The zero-order valence-electron chi connectivity index (χ0n) is 24.3. The fourth-order valence-corrected chi connectivity index (χ4v) is 7.48. The van der Waals surface area contributed by atoms with E-state index in [1.54, 1.807) is 0 Å². The van der Waals surface area contributed by atoms with E-state index in [1.807, 2.05) is 11.8 Å². The SMILES string of the molecule is C=C1NC2CSC(CCCCC(=O)NCCCCCC(=O)NCCCCCC(=O)ON3C(=O)CC(S(=O)(=O)O)C3=O)C2N1. The van der Waals surface area contributed by atoms with Gasteiger partial charge in [0.1, 0.15) is 0 Å². The normalized spacial score (nSPS) is 23.1. The maximum Gasteiger partial charge on any atom is 0.333 e. The molecule has 0 aliphatic carbocycles. The summed E-state index contributed by atoms with van der Waals surface area (Å²) in [5.74, 6) is -1.17. The van der Waals surface area contributed by atoms with Gasteiger partial charge in [0.25, 0.3) is 21.9 Å². The van der Waals surface area contributed by atoms with Gasteiger partial charge in [0.15, 0.2) is 5.25 Å². The number of unbranched alkanes of at least 4 members (excludes halogenated alkanes) is 5. The molecule has 4 amide bonds. The monoisotopic (exact) mass is 645 g/mol. The predicted molar refractivity (Wildman–Crippen MR) is 159 cm³/mol. The van der Waals surface area contributed by atoms with Crippen molar-refractivity contribution in [2.75, 3.05) is 18.8 Å². The van der Waals surface area contributed by atoms with E-state index in [0.29, 0.717) is 62.5 Å². The Morgan fingerprint density at radius 3 is 2.14 bits per heavy atom. The van der Waals surface area contributed by atoms with Crippen molar-refractivity contribution in [2.45, 2.75) is 106 Å². The second-order valence-corrected chi connectivity index (χ2v) is 13.9. The molecule has 0 bridgehead atoms. The van der Waals surface area contributed by atoms with Crippen molar-refractivity contribution in [3.8, 4) is 0 Å². The highest BCUT2D eigenvalue weighted by molar-refractivity contribution is 8.00. The lowest BCUT2D eigenvalue weighted by molar-refractivity contribution is -0.197. The fourth-order valence-electron chi connectivity index (χ4n) is 5.23. The molecule has 0 saturated carbocycles. The third-order valence-corrected chi connectivity index (χ3v) is 10.2. The van der Waals surface area contributed by atoms with Crippen LogP contribution in [0.4, 0.5) is 0 Å². The van der Waals surface area contributed by atoms with E-state index in [1.165, 1.54) is 0 Å². The second kappa shape index (κ2) is 16.9. The molecule has 3 heterocycles. The number of hydroxylamine groups is 2. The molecule has 242 valence electrons. The molecule has 3 aliphatic rings. The predicted octanol–water partition coefficient (Wildman–Crippen LogP) is 0.890. The molecule has 0 aromatic carbocycles. The van der Waals surface area contributed by atoms with Gasteiger partial charge in [-0.2, -0.15) is 20.2 Å². The Balaban J connectivity index is 1.09. The van der Waals surface area contributed by atoms with Crippen LogP contribution in [0.15, 0.2) is 12.4 Å². The summed E-state index contributed by atoms with van der Waals surface area (Å²) in [5, 5.41) is 11.3. The van der Waals surface area contributed by atoms with Crippen molar-refractivity contribution in [3.63, 3.8) is 0 Å². The molecule has 0 aromatic rings. The summed E-state index contributed by atoms with van der Waals surface area (Å²) < 4.78 is 31.2. The molecular formula is C27H43N5O9S2. The first kappa shape index (κ1) is 34.6. The molecule has 4 atom stereocenters. The summed E-state index contributed by atoms with van der Waals surface area (Å²) in [6, 6.07) is 0.910. The number of hydrogen-bond donors (Lipinski definition) is 5. The van der Waals surface area contributed by atoms with Gasteiger partial charge in [-0.3, -0.25) is 23.7 Å². The van der Waals surface area contributed by atoms with Crippen molar-refractivity contribution in [1.29, 1.82) is 0 Å². The molecule has 43 heavy (non-hydrogen) atoms. The van der Waals surface area contributed by atoms with Crippen LogP contribution >= 0.6 is 11.8 Å². The van der Waals surface area contributed by atoms with E-state index in [0.717, 1.165) is 50.1 Å². The zero-order valence-corrected chi connectivity index (χ0v) is 25.9. The maximum absolute atomic E-state index is 12.1. The molecule has 0 spiro atoms. The molecule has 16 heteroatoms. The Morgan fingerprint density at radius 2 is 1.53 bits per heavy atom. The van der Waals surface area contributed by atoms with Crippen LogP contribution in [0.1, 0.15) is 83.5 Å². The number of carbonyl (C=O) groups excluding carboxylic acids is 5. The number of hydrogen-bond acceptors (Lipinski definition) is 11. The van der Waals surface area contributed by atoms with E-state index in [9.17, 15) is 32.4 Å². The van der Waals surface area contributed by atoms with Crippen LogP contribution in [-0.2, 0) is 38.9 Å². The Kier molecular flexibility index (Phi) is 13.6. The Bertz CT molecular complexity index is 1150. The van der Waals surface area contributed by atoms with Gasteiger partial charge < -0.3 is 26.1 Å². The number of rotatable bonds is 19. The summed E-state index contributed by atoms with van der Waals surface area (Å²) in [6.07, 6.45) is 6.95. The minimum Gasteiger partial charge on any atom is -0.367 e. The van der Waals surface area contributed by atoms with Gasteiger partial charge in [0.05, 0.1) is 24.3 Å². The summed E-state index contributed by atoms with van der Waals surface area (Å²) in [4.78, 5) is 64.2. The highest BCUT2D eigenvalue weighted by Crippen LogP contribution is 2.34. The largest absolute Gasteiger partial charge is 0.367 e. The third-order valence-electron chi connectivity index (χ3n) is 7.56. The van der Waals surface area contributed by atoms with E-state index in [4.69, 9.17) is 4.55 Å². The standard InChI is InChI=1S/C27H43N5O9S2/c1-18-30-19-17-42-20(26(19)31-18)10-6-7-12-23(34)29-14-8-2-4-11-22(33)28-15-9-3-5-13-25(36)41-32-24(35)16-21(27(32)37)43(38,39)40/h19-21,26,30-31H,1-17H2,(H,28,33)(H,29,34)(H,38,39,40). The zero-order chi connectivity index (χ0) is 31.4. The molecular weight excluding hydrogens is 602 g/mol. The first-order chi connectivity index (χ1) is 20.5. The van der Waals surface area contributed by atoms with Gasteiger partial charge in [-0.05, 0) is 38.5 Å². The van der Waals surface area contributed by atoms with Gasteiger partial charge in [-0.25, -0.2) is 4.79 Å². The number of carbonyl (C=O) groups is 5. The minimum atomic E-state index is -4.77. The van der Waals surface area contributed by atoms with Crippen molar-refractivity contribution in [2.24, 2.45) is 0 Å². The van der Waals surface area contributed by atoms with E-state index in [-0.39, 0.29) is 23.3 Å². The van der Waals surface area contributed by atoms with Crippen LogP contribution in [0.5, 0.6) is 0 Å². The maximum atomic E-state index is 12.1. The number of amides is 4. The average Bonchev–Trinajstić information content (AvgIpc) is 3.58. The molecule has 0 radical (unpaired) electrons. The number of nitrogens with zero attached hydrogens (tertiary/aromatic N) is 1. The smallest absolute Gasteiger partial charge is 0.333 e. The van der Waals surface area contributed by atoms with Crippen LogP contribution < -0.4 is 21.3 Å². The number of imide groups is 1. The van der Waals surface area contributed by atoms with Gasteiger partial charge in [-0.15, -0.1) is 5.06 Å². The average molecular weight is 646 g/mol. The molecule has 3 aliphatic heterocycles. The van der Waals surface area contributed by atoms with Crippen LogP contribution in [0, 0.1) is 0 Å². The topological polar surface area (TPSA) is 200 Å². The molecule has 3 fully saturated rings. The fraction of sp³-hybridized carbons (Fsp3) is 0.741. The molecule has 5 N–H and O–H groups in total. The van der Waals surface area contributed by atoms with Crippen molar-refractivity contribution < 1.29 is 41.8 Å². The van der Waals surface area contributed by atoms with Crippen molar-refractivity contribution >= 4 is 51.5 Å². The van der Waals surface area contributed by atoms with Crippen LogP contribution in [0.3, 0.4) is 0 Å². The first-order valence-electron chi connectivity index (χ1n) is 14.9. The van der Waals surface area contributed by atoms with E-state index >= 15 is 0 Å². The van der Waals surface area contributed by atoms with Gasteiger partial charge in [0.2, 0.25) is 11.8 Å². The van der Waals surface area contributed by atoms with Gasteiger partial charge in [-0.1, -0.05) is 25.8 Å². The highest BCUT2D eigenvalue weighted by atomic mass is 32.2. The molecule has 14 nitrogen and oxygen atoms in total. The Labute approximate surface area is 256 Å². The Hall–Kier alpha value is -2.85. The van der Waals surface area contributed by atoms with E-state index < -0.39 is 39.6 Å².